The molecule has 0 aliphatic rings. The lowest BCUT2D eigenvalue weighted by Gasteiger charge is -2.09. The van der Waals surface area contributed by atoms with E-state index in [0.717, 1.165) is 12.0 Å². The maximum atomic E-state index is 13.1. The van der Waals surface area contributed by atoms with Crippen molar-refractivity contribution in [3.8, 4) is 5.88 Å². The summed E-state index contributed by atoms with van der Waals surface area (Å²) in [7, 11) is 1.81. The lowest BCUT2D eigenvalue weighted by atomic mass is 10.2. The fraction of sp³-hybridized carbons (Fsp3) is 0.308. The van der Waals surface area contributed by atoms with Crippen LogP contribution in [-0.4, -0.2) is 18.6 Å². The van der Waals surface area contributed by atoms with Crippen LogP contribution >= 0.6 is 11.3 Å². The Balaban J connectivity index is 1.95. The predicted molar refractivity (Wildman–Crippen MR) is 70.5 cm³/mol. The van der Waals surface area contributed by atoms with Crippen LogP contribution in [0.25, 0.3) is 0 Å². The third-order valence-electron chi connectivity index (χ3n) is 2.43. The van der Waals surface area contributed by atoms with Crippen LogP contribution in [-0.2, 0) is 13.0 Å². The van der Waals surface area contributed by atoms with E-state index in [0.29, 0.717) is 19.0 Å². The minimum absolute atomic E-state index is 0.342. The first-order chi connectivity index (χ1) is 8.79. The number of nitrogens with zero attached hydrogens (tertiary/aromatic N) is 1. The highest BCUT2D eigenvalue weighted by atomic mass is 32.1. The minimum atomic E-state index is -0.342. The summed E-state index contributed by atoms with van der Waals surface area (Å²) in [6.45, 7) is 1.09. The molecule has 2 aromatic heterocycles. The molecule has 0 atom stereocenters. The average molecular weight is 266 g/mol. The zero-order valence-electron chi connectivity index (χ0n) is 10.1. The predicted octanol–water partition coefficient (Wildman–Crippen LogP) is 2.62. The van der Waals surface area contributed by atoms with Crippen molar-refractivity contribution in [2.24, 2.45) is 0 Å². The minimum Gasteiger partial charge on any atom is -0.477 e. The van der Waals surface area contributed by atoms with E-state index in [9.17, 15) is 4.39 Å². The topological polar surface area (TPSA) is 34.2 Å². The number of aromatic nitrogens is 1. The van der Waals surface area contributed by atoms with Crippen LogP contribution in [0, 0.1) is 5.82 Å². The van der Waals surface area contributed by atoms with Gasteiger partial charge in [0.1, 0.15) is 5.82 Å². The molecule has 0 saturated carbocycles. The van der Waals surface area contributed by atoms with Gasteiger partial charge in [-0.05, 0) is 24.6 Å². The van der Waals surface area contributed by atoms with Crippen molar-refractivity contribution in [1.29, 1.82) is 0 Å². The summed E-state index contributed by atoms with van der Waals surface area (Å²) in [4.78, 5) is 5.25. The first-order valence-corrected chi connectivity index (χ1v) is 6.62. The largest absolute Gasteiger partial charge is 0.477 e. The number of halogens is 1. The van der Waals surface area contributed by atoms with E-state index in [-0.39, 0.29) is 5.82 Å². The Labute approximate surface area is 110 Å². The molecule has 2 rings (SSSR count). The van der Waals surface area contributed by atoms with Crippen LogP contribution in [0.5, 0.6) is 5.88 Å². The normalized spacial score (nSPS) is 10.6. The number of thiophene rings is 1. The van der Waals surface area contributed by atoms with E-state index in [1.807, 2.05) is 11.4 Å². The molecule has 18 heavy (non-hydrogen) atoms. The van der Waals surface area contributed by atoms with Crippen LogP contribution in [0.3, 0.4) is 0 Å². The molecule has 0 aromatic carbocycles. The molecule has 0 bridgehead atoms. The van der Waals surface area contributed by atoms with Gasteiger partial charge in [0.05, 0.1) is 12.8 Å². The van der Waals surface area contributed by atoms with Gasteiger partial charge >= 0.3 is 0 Å². The van der Waals surface area contributed by atoms with E-state index in [1.54, 1.807) is 18.4 Å². The lowest BCUT2D eigenvalue weighted by molar-refractivity contribution is 0.305. The monoisotopic (exact) mass is 266 g/mol. The molecule has 0 aliphatic heterocycles. The first kappa shape index (κ1) is 13.0. The van der Waals surface area contributed by atoms with Gasteiger partial charge < -0.3 is 10.1 Å². The van der Waals surface area contributed by atoms with Crippen molar-refractivity contribution in [3.05, 3.63) is 46.0 Å². The Morgan fingerprint density at radius 2 is 2.39 bits per heavy atom. The van der Waals surface area contributed by atoms with Gasteiger partial charge in [0, 0.05) is 23.4 Å². The summed E-state index contributed by atoms with van der Waals surface area (Å²) < 4.78 is 18.7. The Hall–Kier alpha value is -1.46. The fourth-order valence-corrected chi connectivity index (χ4v) is 2.31. The van der Waals surface area contributed by atoms with Crippen molar-refractivity contribution < 1.29 is 9.13 Å². The second-order valence-electron chi connectivity index (χ2n) is 3.83. The zero-order valence-corrected chi connectivity index (χ0v) is 11.0. The molecule has 0 saturated heterocycles. The molecule has 5 heteroatoms. The Morgan fingerprint density at radius 3 is 3.11 bits per heavy atom. The van der Waals surface area contributed by atoms with Crippen molar-refractivity contribution >= 4 is 11.3 Å². The number of rotatable bonds is 6. The van der Waals surface area contributed by atoms with E-state index < -0.39 is 0 Å². The van der Waals surface area contributed by atoms with E-state index in [1.165, 1.54) is 17.1 Å². The van der Waals surface area contributed by atoms with Gasteiger partial charge in [-0.1, -0.05) is 6.07 Å². The summed E-state index contributed by atoms with van der Waals surface area (Å²) in [6, 6.07) is 5.53. The molecule has 0 spiro atoms. The summed E-state index contributed by atoms with van der Waals surface area (Å²) in [5.74, 6) is 0.160. The van der Waals surface area contributed by atoms with E-state index >= 15 is 0 Å². The van der Waals surface area contributed by atoms with Crippen LogP contribution in [0.4, 0.5) is 4.39 Å². The maximum absolute atomic E-state index is 13.1. The summed E-state index contributed by atoms with van der Waals surface area (Å²) >= 11 is 1.70. The molecule has 2 heterocycles. The van der Waals surface area contributed by atoms with Gasteiger partial charge in [0.15, 0.2) is 0 Å². The Morgan fingerprint density at radius 1 is 1.50 bits per heavy atom. The van der Waals surface area contributed by atoms with Crippen LogP contribution in [0.15, 0.2) is 29.8 Å². The average Bonchev–Trinajstić information content (AvgIpc) is 2.85. The van der Waals surface area contributed by atoms with E-state index in [4.69, 9.17) is 4.74 Å². The summed E-state index contributed by atoms with van der Waals surface area (Å²) in [5.41, 5.74) is 0.740. The zero-order chi connectivity index (χ0) is 12.8. The van der Waals surface area contributed by atoms with Crippen LogP contribution < -0.4 is 10.1 Å². The summed E-state index contributed by atoms with van der Waals surface area (Å²) in [6.07, 6.45) is 2.02. The second-order valence-corrected chi connectivity index (χ2v) is 4.86. The maximum Gasteiger partial charge on any atom is 0.218 e. The SMILES string of the molecule is CNCc1cc(F)cnc1OCCc1cccs1. The fourth-order valence-electron chi connectivity index (χ4n) is 1.62. The Bertz CT molecular complexity index is 488. The third-order valence-corrected chi connectivity index (χ3v) is 3.36. The van der Waals surface area contributed by atoms with Gasteiger partial charge in [-0.2, -0.15) is 0 Å². The molecule has 1 N–H and O–H groups in total. The smallest absolute Gasteiger partial charge is 0.218 e. The third kappa shape index (κ3) is 3.51. The van der Waals surface area contributed by atoms with Gasteiger partial charge in [0.2, 0.25) is 5.88 Å². The first-order valence-electron chi connectivity index (χ1n) is 5.74. The molecule has 0 amide bonds. The molecule has 0 radical (unpaired) electrons. The number of hydrogen-bond acceptors (Lipinski definition) is 4. The number of pyridine rings is 1. The van der Waals surface area contributed by atoms with Crippen LogP contribution in [0.1, 0.15) is 10.4 Å². The Kier molecular flexibility index (Phi) is 4.66. The molecule has 0 aliphatic carbocycles. The molecule has 96 valence electrons. The number of ether oxygens (including phenoxy) is 1. The van der Waals surface area contributed by atoms with Gasteiger partial charge in [-0.25, -0.2) is 9.37 Å². The molecule has 2 aromatic rings. The van der Waals surface area contributed by atoms with Crippen molar-refractivity contribution in [3.63, 3.8) is 0 Å². The van der Waals surface area contributed by atoms with E-state index in [2.05, 4.69) is 16.4 Å². The highest BCUT2D eigenvalue weighted by Crippen LogP contribution is 2.17. The lowest BCUT2D eigenvalue weighted by Crippen LogP contribution is -2.10. The summed E-state index contributed by atoms with van der Waals surface area (Å²) in [5, 5.41) is 5.01. The highest BCUT2D eigenvalue weighted by molar-refractivity contribution is 7.09. The highest BCUT2D eigenvalue weighted by Gasteiger charge is 2.06. The van der Waals surface area contributed by atoms with Crippen molar-refractivity contribution in [2.75, 3.05) is 13.7 Å². The molecule has 0 fully saturated rings. The van der Waals surface area contributed by atoms with Crippen LogP contribution in [0.2, 0.25) is 0 Å². The molecule has 0 unspecified atom stereocenters. The van der Waals surface area contributed by atoms with Gasteiger partial charge in [0.25, 0.3) is 0 Å². The standard InChI is InChI=1S/C13H15FN2OS/c1-15-8-10-7-11(14)9-16-13(10)17-5-4-12-3-2-6-18-12/h2-3,6-7,9,15H,4-5,8H2,1H3. The van der Waals surface area contributed by atoms with Gasteiger partial charge in [-0.3, -0.25) is 0 Å². The number of hydrogen-bond donors (Lipinski definition) is 1. The van der Waals surface area contributed by atoms with Crippen molar-refractivity contribution in [2.45, 2.75) is 13.0 Å². The molecule has 3 nitrogen and oxygen atoms in total. The molecular formula is C13H15FN2OS. The quantitative estimate of drug-likeness (QED) is 0.872. The second kappa shape index (κ2) is 6.47. The number of nitrogens with one attached hydrogen (secondary N) is 1. The molecular weight excluding hydrogens is 251 g/mol. The van der Waals surface area contributed by atoms with Crippen molar-refractivity contribution in [1.82, 2.24) is 10.3 Å². The van der Waals surface area contributed by atoms with Gasteiger partial charge in [-0.15, -0.1) is 11.3 Å².